The van der Waals surface area contributed by atoms with E-state index in [1.165, 1.54) is 0 Å². The van der Waals surface area contributed by atoms with E-state index in [4.69, 9.17) is 11.5 Å². The van der Waals surface area contributed by atoms with Gasteiger partial charge in [-0.1, -0.05) is 32.0 Å². The fraction of sp³-hybridized carbons (Fsp3) is 0.467. The maximum atomic E-state index is 11.8. The Balaban J connectivity index is 3.20. The van der Waals surface area contributed by atoms with Crippen molar-refractivity contribution in [3.05, 3.63) is 35.4 Å². The molecule has 1 rings (SSSR count). The predicted molar refractivity (Wildman–Crippen MR) is 80.3 cm³/mol. The molecule has 0 radical (unpaired) electrons. The smallest absolute Gasteiger partial charge is 0.265 e. The second-order valence-electron chi connectivity index (χ2n) is 4.96. The Hall–Kier alpha value is -1.92. The molecule has 1 aromatic rings. The summed E-state index contributed by atoms with van der Waals surface area (Å²) in [4.78, 5) is 24.9. The quantitative estimate of drug-likeness (QED) is 0.596. The maximum Gasteiger partial charge on any atom is 0.265 e. The first kappa shape index (κ1) is 17.1. The largest absolute Gasteiger partial charge is 0.367 e. The summed E-state index contributed by atoms with van der Waals surface area (Å²) in [5.41, 5.74) is 9.68. The number of nitrogens with zero attached hydrogens (tertiary/aromatic N) is 1. The number of aliphatic hydroxyl groups is 1. The van der Waals surface area contributed by atoms with Crippen molar-refractivity contribution in [1.29, 1.82) is 0 Å². The van der Waals surface area contributed by atoms with Gasteiger partial charge in [-0.05, 0) is 24.6 Å². The molecular formula is C15H23N3O3. The van der Waals surface area contributed by atoms with Crippen LogP contribution in [-0.2, 0) is 11.2 Å². The minimum atomic E-state index is -1.84. The number of hydrogen-bond donors (Lipinski definition) is 3. The van der Waals surface area contributed by atoms with Crippen molar-refractivity contribution in [1.82, 2.24) is 4.90 Å². The Bertz CT molecular complexity index is 519. The number of likely N-dealkylation sites (N-methyl/N-ethyl adjacent to an activating group) is 1. The van der Waals surface area contributed by atoms with Gasteiger partial charge in [0.25, 0.3) is 5.91 Å². The first-order valence-electron chi connectivity index (χ1n) is 7.01. The fourth-order valence-electron chi connectivity index (χ4n) is 2.41. The molecule has 0 spiro atoms. The van der Waals surface area contributed by atoms with E-state index in [1.54, 1.807) is 29.2 Å². The summed E-state index contributed by atoms with van der Waals surface area (Å²) in [6, 6.07) is 6.62. The molecule has 0 unspecified atom stereocenters. The predicted octanol–water partition coefficient (Wildman–Crippen LogP) is 0.234. The molecule has 1 aromatic carbocycles. The molecule has 2 amide bonds. The molecule has 6 heteroatoms. The summed E-state index contributed by atoms with van der Waals surface area (Å²) < 4.78 is 0. The highest BCUT2D eigenvalue weighted by Crippen LogP contribution is 2.21. The third-order valence-electron chi connectivity index (χ3n) is 3.51. The van der Waals surface area contributed by atoms with Crippen LogP contribution < -0.4 is 11.5 Å². The van der Waals surface area contributed by atoms with Gasteiger partial charge in [0.1, 0.15) is 0 Å². The molecule has 0 saturated carbocycles. The van der Waals surface area contributed by atoms with Crippen molar-refractivity contribution in [2.24, 2.45) is 11.5 Å². The standard InChI is InChI=1S/C15H23N3O3/c1-3-9-18(4-2)15(21,14(17)20)10-11-7-5-6-8-12(11)13(16)19/h5-8,21H,3-4,9-10H2,1-2H3,(H2,16,19)(H2,17,20)/t15-/m0/s1. The number of primary amides is 2. The van der Waals surface area contributed by atoms with Crippen LogP contribution in [0.25, 0.3) is 0 Å². The van der Waals surface area contributed by atoms with Crippen LogP contribution in [0.4, 0.5) is 0 Å². The molecule has 0 aliphatic rings. The van der Waals surface area contributed by atoms with Gasteiger partial charge >= 0.3 is 0 Å². The van der Waals surface area contributed by atoms with E-state index in [-0.39, 0.29) is 12.0 Å². The minimum absolute atomic E-state index is 0.0741. The molecule has 0 saturated heterocycles. The summed E-state index contributed by atoms with van der Waals surface area (Å²) in [7, 11) is 0. The Kier molecular flexibility index (Phi) is 5.87. The van der Waals surface area contributed by atoms with E-state index >= 15 is 0 Å². The molecule has 1 atom stereocenters. The highest BCUT2D eigenvalue weighted by atomic mass is 16.3. The van der Waals surface area contributed by atoms with Crippen molar-refractivity contribution < 1.29 is 14.7 Å². The van der Waals surface area contributed by atoms with Crippen molar-refractivity contribution in [2.75, 3.05) is 13.1 Å². The lowest BCUT2D eigenvalue weighted by Crippen LogP contribution is -2.59. The number of benzene rings is 1. The molecule has 0 bridgehead atoms. The minimum Gasteiger partial charge on any atom is -0.367 e. The Morgan fingerprint density at radius 2 is 1.86 bits per heavy atom. The van der Waals surface area contributed by atoms with Crippen LogP contribution in [0.15, 0.2) is 24.3 Å². The van der Waals surface area contributed by atoms with Crippen molar-refractivity contribution in [3.8, 4) is 0 Å². The number of amides is 2. The lowest BCUT2D eigenvalue weighted by molar-refractivity contribution is -0.160. The first-order valence-corrected chi connectivity index (χ1v) is 7.01. The van der Waals surface area contributed by atoms with Gasteiger partial charge in [0.05, 0.1) is 0 Å². The van der Waals surface area contributed by atoms with Gasteiger partial charge in [-0.15, -0.1) is 0 Å². The van der Waals surface area contributed by atoms with E-state index in [0.717, 1.165) is 6.42 Å². The highest BCUT2D eigenvalue weighted by molar-refractivity contribution is 5.94. The molecule has 0 heterocycles. The summed E-state index contributed by atoms with van der Waals surface area (Å²) >= 11 is 0. The molecule has 0 fully saturated rings. The molecule has 21 heavy (non-hydrogen) atoms. The summed E-state index contributed by atoms with van der Waals surface area (Å²) in [5, 5.41) is 10.7. The van der Waals surface area contributed by atoms with Crippen LogP contribution in [0.1, 0.15) is 36.2 Å². The number of carbonyl (C=O) groups excluding carboxylic acids is 2. The fourth-order valence-corrected chi connectivity index (χ4v) is 2.41. The van der Waals surface area contributed by atoms with E-state index in [1.807, 2.05) is 13.8 Å². The van der Waals surface area contributed by atoms with Gasteiger partial charge in [-0.3, -0.25) is 14.5 Å². The van der Waals surface area contributed by atoms with Gasteiger partial charge in [0, 0.05) is 18.5 Å². The first-order chi connectivity index (χ1) is 9.86. The Morgan fingerprint density at radius 1 is 1.24 bits per heavy atom. The normalized spacial score (nSPS) is 13.9. The van der Waals surface area contributed by atoms with Crippen LogP contribution in [0.5, 0.6) is 0 Å². The monoisotopic (exact) mass is 293 g/mol. The topological polar surface area (TPSA) is 110 Å². The molecule has 0 aliphatic heterocycles. The van der Waals surface area contributed by atoms with E-state index in [0.29, 0.717) is 18.7 Å². The maximum absolute atomic E-state index is 11.8. The zero-order valence-electron chi connectivity index (χ0n) is 12.5. The van der Waals surface area contributed by atoms with Crippen LogP contribution in [0, 0.1) is 0 Å². The molecule has 0 aliphatic carbocycles. The molecule has 0 aromatic heterocycles. The third-order valence-corrected chi connectivity index (χ3v) is 3.51. The lowest BCUT2D eigenvalue weighted by atomic mass is 9.95. The second-order valence-corrected chi connectivity index (χ2v) is 4.96. The number of hydrogen-bond acceptors (Lipinski definition) is 4. The molecule has 5 N–H and O–H groups in total. The van der Waals surface area contributed by atoms with Crippen molar-refractivity contribution in [3.63, 3.8) is 0 Å². The Morgan fingerprint density at radius 3 is 2.33 bits per heavy atom. The lowest BCUT2D eigenvalue weighted by Gasteiger charge is -2.36. The Labute approximate surface area is 124 Å². The summed E-state index contributed by atoms with van der Waals surface area (Å²) in [6.07, 6.45) is 0.691. The highest BCUT2D eigenvalue weighted by Gasteiger charge is 2.40. The third kappa shape index (κ3) is 3.80. The van der Waals surface area contributed by atoms with E-state index in [2.05, 4.69) is 0 Å². The van der Waals surface area contributed by atoms with Gasteiger partial charge < -0.3 is 16.6 Å². The van der Waals surface area contributed by atoms with Crippen LogP contribution in [0.3, 0.4) is 0 Å². The second kappa shape index (κ2) is 7.19. The summed E-state index contributed by atoms with van der Waals surface area (Å²) in [5.74, 6) is -1.44. The van der Waals surface area contributed by atoms with Gasteiger partial charge in [-0.2, -0.15) is 0 Å². The van der Waals surface area contributed by atoms with E-state index in [9.17, 15) is 14.7 Å². The van der Waals surface area contributed by atoms with Crippen molar-refractivity contribution in [2.45, 2.75) is 32.4 Å². The van der Waals surface area contributed by atoms with Gasteiger partial charge in [0.15, 0.2) is 0 Å². The SMILES string of the molecule is CCCN(CC)[C@](O)(Cc1ccccc1C(N)=O)C(N)=O. The molecule has 116 valence electrons. The van der Waals surface area contributed by atoms with Crippen LogP contribution >= 0.6 is 0 Å². The molecular weight excluding hydrogens is 270 g/mol. The average Bonchev–Trinajstić information content (AvgIpc) is 2.44. The number of carbonyl (C=O) groups is 2. The average molecular weight is 293 g/mol. The van der Waals surface area contributed by atoms with Gasteiger partial charge in [0.2, 0.25) is 11.6 Å². The number of rotatable bonds is 8. The number of nitrogens with two attached hydrogens (primary N) is 2. The summed E-state index contributed by atoms with van der Waals surface area (Å²) in [6.45, 7) is 4.77. The van der Waals surface area contributed by atoms with E-state index < -0.39 is 17.5 Å². The van der Waals surface area contributed by atoms with Crippen LogP contribution in [-0.4, -0.2) is 40.6 Å². The van der Waals surface area contributed by atoms with Crippen molar-refractivity contribution >= 4 is 11.8 Å². The van der Waals surface area contributed by atoms with Gasteiger partial charge in [-0.25, -0.2) is 0 Å². The zero-order valence-corrected chi connectivity index (χ0v) is 12.5. The zero-order chi connectivity index (χ0) is 16.0. The molecule has 6 nitrogen and oxygen atoms in total. The van der Waals surface area contributed by atoms with Crippen LogP contribution in [0.2, 0.25) is 0 Å².